The molecule has 0 radical (unpaired) electrons. The lowest BCUT2D eigenvalue weighted by Gasteiger charge is -2.21. The number of pyridine rings is 1. The molecule has 21 heavy (non-hydrogen) atoms. The summed E-state index contributed by atoms with van der Waals surface area (Å²) in [5.41, 5.74) is 4.06. The molecule has 2 aromatic rings. The van der Waals surface area contributed by atoms with E-state index in [1.165, 1.54) is 0 Å². The zero-order valence-corrected chi connectivity index (χ0v) is 13.8. The second kappa shape index (κ2) is 5.80. The molecule has 0 aliphatic heterocycles. The number of nitrogens with zero attached hydrogens (tertiary/aromatic N) is 3. The van der Waals surface area contributed by atoms with E-state index in [1.54, 1.807) is 0 Å². The Morgan fingerprint density at radius 3 is 2.43 bits per heavy atom. The lowest BCUT2D eigenvalue weighted by molar-refractivity contribution is 0.546. The molecular weight excluding hydrogens is 260 g/mol. The molecule has 0 aliphatic carbocycles. The van der Waals surface area contributed by atoms with Crippen molar-refractivity contribution in [3.8, 4) is 11.3 Å². The van der Waals surface area contributed by atoms with Gasteiger partial charge in [0.1, 0.15) is 11.6 Å². The summed E-state index contributed by atoms with van der Waals surface area (Å²) < 4.78 is 0. The summed E-state index contributed by atoms with van der Waals surface area (Å²) >= 11 is 0. The number of anilines is 1. The molecule has 2 aromatic heterocycles. The number of hydrogen-bond donors (Lipinski definition) is 1. The van der Waals surface area contributed by atoms with Crippen LogP contribution in [0.3, 0.4) is 0 Å². The van der Waals surface area contributed by atoms with Crippen LogP contribution in [0.2, 0.25) is 0 Å². The smallest absolute Gasteiger partial charge is 0.136 e. The quantitative estimate of drug-likeness (QED) is 0.929. The fourth-order valence-corrected chi connectivity index (χ4v) is 2.17. The molecule has 1 N–H and O–H groups in total. The molecule has 2 rings (SSSR count). The first kappa shape index (κ1) is 15.4. The van der Waals surface area contributed by atoms with Gasteiger partial charge in [-0.2, -0.15) is 0 Å². The van der Waals surface area contributed by atoms with Crippen LogP contribution in [0.25, 0.3) is 11.3 Å². The molecule has 0 amide bonds. The molecule has 4 heteroatoms. The van der Waals surface area contributed by atoms with Crippen LogP contribution < -0.4 is 5.32 Å². The van der Waals surface area contributed by atoms with Crippen LogP contribution in [0.15, 0.2) is 18.3 Å². The number of hydrogen-bond acceptors (Lipinski definition) is 4. The van der Waals surface area contributed by atoms with E-state index in [0.29, 0.717) is 0 Å². The minimum absolute atomic E-state index is 0.0886. The standard InChI is InChI=1S/C17H24N4/c1-7-18-15-12(3)14(13-8-9-19-11(2)10-13)20-16(21-15)17(4,5)6/h8-10H,7H2,1-6H3,(H,18,20,21). The first-order chi connectivity index (χ1) is 9.82. The summed E-state index contributed by atoms with van der Waals surface area (Å²) in [5.74, 6) is 1.77. The number of aromatic nitrogens is 3. The molecule has 112 valence electrons. The van der Waals surface area contributed by atoms with Gasteiger partial charge in [-0.25, -0.2) is 9.97 Å². The average molecular weight is 284 g/mol. The molecule has 0 atom stereocenters. The van der Waals surface area contributed by atoms with E-state index >= 15 is 0 Å². The molecular formula is C17H24N4. The van der Waals surface area contributed by atoms with E-state index in [-0.39, 0.29) is 5.41 Å². The van der Waals surface area contributed by atoms with E-state index in [0.717, 1.165) is 40.7 Å². The van der Waals surface area contributed by atoms with Gasteiger partial charge in [0, 0.05) is 35.0 Å². The molecule has 0 spiro atoms. The van der Waals surface area contributed by atoms with Crippen molar-refractivity contribution in [3.05, 3.63) is 35.4 Å². The highest BCUT2D eigenvalue weighted by atomic mass is 15.0. The van der Waals surface area contributed by atoms with Gasteiger partial charge < -0.3 is 5.32 Å². The molecule has 0 saturated heterocycles. The van der Waals surface area contributed by atoms with Crippen LogP contribution >= 0.6 is 0 Å². The van der Waals surface area contributed by atoms with Gasteiger partial charge in [0.05, 0.1) is 5.69 Å². The molecule has 2 heterocycles. The first-order valence-electron chi connectivity index (χ1n) is 7.39. The number of nitrogens with one attached hydrogen (secondary N) is 1. The summed E-state index contributed by atoms with van der Waals surface area (Å²) in [6.07, 6.45) is 1.83. The first-order valence-corrected chi connectivity index (χ1v) is 7.39. The summed E-state index contributed by atoms with van der Waals surface area (Å²) in [5, 5.41) is 3.35. The van der Waals surface area contributed by atoms with E-state index in [2.05, 4.69) is 51.0 Å². The minimum atomic E-state index is -0.0886. The second-order valence-electron chi connectivity index (χ2n) is 6.34. The van der Waals surface area contributed by atoms with Crippen molar-refractivity contribution in [2.24, 2.45) is 0 Å². The van der Waals surface area contributed by atoms with Crippen LogP contribution in [0.1, 0.15) is 44.8 Å². The van der Waals surface area contributed by atoms with Gasteiger partial charge in [-0.1, -0.05) is 20.8 Å². The normalized spacial score (nSPS) is 11.5. The SMILES string of the molecule is CCNc1nc(C(C)(C)C)nc(-c2ccnc(C)c2)c1C. The monoisotopic (exact) mass is 284 g/mol. The Balaban J connectivity index is 2.66. The zero-order chi connectivity index (χ0) is 15.6. The molecule has 0 fully saturated rings. The van der Waals surface area contributed by atoms with Crippen LogP contribution in [0, 0.1) is 13.8 Å². The predicted molar refractivity (Wildman–Crippen MR) is 87.6 cm³/mol. The summed E-state index contributed by atoms with van der Waals surface area (Å²) in [6, 6.07) is 4.07. The van der Waals surface area contributed by atoms with Crippen molar-refractivity contribution in [1.82, 2.24) is 15.0 Å². The molecule has 0 saturated carbocycles. The fourth-order valence-electron chi connectivity index (χ4n) is 2.17. The fraction of sp³-hybridized carbons (Fsp3) is 0.471. The van der Waals surface area contributed by atoms with Gasteiger partial charge in [-0.15, -0.1) is 0 Å². The van der Waals surface area contributed by atoms with Crippen molar-refractivity contribution in [2.45, 2.75) is 47.0 Å². The van der Waals surface area contributed by atoms with Crippen molar-refractivity contribution >= 4 is 5.82 Å². The van der Waals surface area contributed by atoms with E-state index in [1.807, 2.05) is 19.2 Å². The topological polar surface area (TPSA) is 50.7 Å². The van der Waals surface area contributed by atoms with Crippen LogP contribution in [0.4, 0.5) is 5.82 Å². The third kappa shape index (κ3) is 3.38. The highest BCUT2D eigenvalue weighted by molar-refractivity contribution is 5.68. The lowest BCUT2D eigenvalue weighted by Crippen LogP contribution is -2.19. The molecule has 0 aromatic carbocycles. The third-order valence-electron chi connectivity index (χ3n) is 3.33. The van der Waals surface area contributed by atoms with Crippen molar-refractivity contribution in [1.29, 1.82) is 0 Å². The Bertz CT molecular complexity index is 642. The molecule has 4 nitrogen and oxygen atoms in total. The van der Waals surface area contributed by atoms with Crippen molar-refractivity contribution in [3.63, 3.8) is 0 Å². The Hall–Kier alpha value is -1.97. The maximum absolute atomic E-state index is 4.82. The van der Waals surface area contributed by atoms with Gasteiger partial charge in [-0.05, 0) is 32.9 Å². The van der Waals surface area contributed by atoms with Gasteiger partial charge in [0.15, 0.2) is 0 Å². The van der Waals surface area contributed by atoms with E-state index in [9.17, 15) is 0 Å². The summed E-state index contributed by atoms with van der Waals surface area (Å²) in [6.45, 7) is 13.4. The maximum Gasteiger partial charge on any atom is 0.136 e. The molecule has 0 unspecified atom stereocenters. The van der Waals surface area contributed by atoms with Crippen molar-refractivity contribution < 1.29 is 0 Å². The molecule has 0 bridgehead atoms. The predicted octanol–water partition coefficient (Wildman–Crippen LogP) is 3.88. The van der Waals surface area contributed by atoms with Gasteiger partial charge in [0.25, 0.3) is 0 Å². The Morgan fingerprint density at radius 1 is 1.14 bits per heavy atom. The average Bonchev–Trinajstić information content (AvgIpc) is 2.40. The highest BCUT2D eigenvalue weighted by Crippen LogP contribution is 2.29. The Morgan fingerprint density at radius 2 is 1.86 bits per heavy atom. The van der Waals surface area contributed by atoms with Crippen LogP contribution in [-0.4, -0.2) is 21.5 Å². The lowest BCUT2D eigenvalue weighted by atomic mass is 9.95. The second-order valence-corrected chi connectivity index (χ2v) is 6.34. The van der Waals surface area contributed by atoms with Gasteiger partial charge >= 0.3 is 0 Å². The van der Waals surface area contributed by atoms with Crippen LogP contribution in [-0.2, 0) is 5.41 Å². The largest absolute Gasteiger partial charge is 0.370 e. The van der Waals surface area contributed by atoms with E-state index < -0.39 is 0 Å². The van der Waals surface area contributed by atoms with Crippen LogP contribution in [0.5, 0.6) is 0 Å². The number of rotatable bonds is 3. The highest BCUT2D eigenvalue weighted by Gasteiger charge is 2.21. The van der Waals surface area contributed by atoms with Gasteiger partial charge in [0.2, 0.25) is 0 Å². The maximum atomic E-state index is 4.82. The number of aryl methyl sites for hydroxylation is 1. The van der Waals surface area contributed by atoms with Crippen molar-refractivity contribution in [2.75, 3.05) is 11.9 Å². The minimum Gasteiger partial charge on any atom is -0.370 e. The summed E-state index contributed by atoms with van der Waals surface area (Å²) in [7, 11) is 0. The summed E-state index contributed by atoms with van der Waals surface area (Å²) in [4.78, 5) is 13.8. The van der Waals surface area contributed by atoms with Gasteiger partial charge in [-0.3, -0.25) is 4.98 Å². The molecule has 0 aliphatic rings. The third-order valence-corrected chi connectivity index (χ3v) is 3.33. The van der Waals surface area contributed by atoms with E-state index in [4.69, 9.17) is 9.97 Å². The Kier molecular flexibility index (Phi) is 4.26. The zero-order valence-electron chi connectivity index (χ0n) is 13.8. The Labute approximate surface area is 127 Å².